The van der Waals surface area contributed by atoms with Gasteiger partial charge >= 0.3 is 12.3 Å². The van der Waals surface area contributed by atoms with E-state index in [4.69, 9.17) is 21.4 Å². The van der Waals surface area contributed by atoms with E-state index in [0.29, 0.717) is 39.0 Å². The maximum Gasteiger partial charge on any atom is 0.419 e. The van der Waals surface area contributed by atoms with Crippen molar-refractivity contribution in [3.05, 3.63) is 28.8 Å². The average molecular weight is 421 g/mol. The van der Waals surface area contributed by atoms with Crippen LogP contribution in [0.5, 0.6) is 5.75 Å². The highest BCUT2D eigenvalue weighted by atomic mass is 35.5. The maximum atomic E-state index is 13.1. The summed E-state index contributed by atoms with van der Waals surface area (Å²) >= 11 is 5.75. The number of nitrogens with zero attached hydrogens (tertiary/aromatic N) is 2. The molecule has 0 spiro atoms. The molecule has 154 valence electrons. The fourth-order valence-corrected chi connectivity index (χ4v) is 4.00. The number of carboxylic acid groups (broad SMARTS) is 1. The third kappa shape index (κ3) is 4.63. The lowest BCUT2D eigenvalue weighted by Gasteiger charge is -2.22. The molecule has 0 aliphatic carbocycles. The molecule has 1 N–H and O–H groups in total. The number of carbonyl (C=O) groups excluding carboxylic acids is 1. The van der Waals surface area contributed by atoms with Gasteiger partial charge in [-0.3, -0.25) is 4.79 Å². The standard InChI is InChI=1S/C18H20ClF3N2O4/c19-13-1-2-14(18(20,21)22)15(7-13)28-10-16(25)23-5-3-11-8-24(17(26)27)9-12(11)4-6-23/h1-2,7,11-12H,3-6,8-10H2,(H,26,27). The molecule has 28 heavy (non-hydrogen) atoms. The van der Waals surface area contributed by atoms with Crippen LogP contribution in [0, 0.1) is 11.8 Å². The quantitative estimate of drug-likeness (QED) is 0.811. The zero-order valence-corrected chi connectivity index (χ0v) is 15.7. The van der Waals surface area contributed by atoms with Crippen molar-refractivity contribution in [3.8, 4) is 5.75 Å². The summed E-state index contributed by atoms with van der Waals surface area (Å²) < 4.78 is 44.4. The number of halogens is 4. The van der Waals surface area contributed by atoms with Gasteiger partial charge in [-0.2, -0.15) is 13.2 Å². The highest BCUT2D eigenvalue weighted by Crippen LogP contribution is 2.37. The van der Waals surface area contributed by atoms with E-state index in [1.807, 2.05) is 0 Å². The number of fused-ring (bicyclic) bond motifs is 1. The predicted octanol–water partition coefficient (Wildman–Crippen LogP) is 3.59. The lowest BCUT2D eigenvalue weighted by molar-refractivity contribution is -0.141. The Labute approximate surface area is 164 Å². The van der Waals surface area contributed by atoms with E-state index in [1.54, 1.807) is 4.90 Å². The Bertz CT molecular complexity index is 743. The molecule has 2 heterocycles. The lowest BCUT2D eigenvalue weighted by atomic mass is 9.92. The number of ether oxygens (including phenoxy) is 1. The summed E-state index contributed by atoms with van der Waals surface area (Å²) in [5, 5.41) is 9.19. The molecule has 0 bridgehead atoms. The number of hydrogen-bond acceptors (Lipinski definition) is 3. The Morgan fingerprint density at radius 3 is 2.29 bits per heavy atom. The number of carbonyl (C=O) groups is 2. The van der Waals surface area contributed by atoms with Crippen LogP contribution in [0.3, 0.4) is 0 Å². The van der Waals surface area contributed by atoms with Gasteiger partial charge in [0.05, 0.1) is 5.56 Å². The van der Waals surface area contributed by atoms with Gasteiger partial charge in [-0.05, 0) is 42.9 Å². The van der Waals surface area contributed by atoms with E-state index in [0.717, 1.165) is 18.2 Å². The van der Waals surface area contributed by atoms with Crippen LogP contribution in [0.2, 0.25) is 5.02 Å². The second-order valence-electron chi connectivity index (χ2n) is 7.09. The third-order valence-corrected chi connectivity index (χ3v) is 5.57. The molecule has 0 aromatic heterocycles. The van der Waals surface area contributed by atoms with Gasteiger partial charge in [0.1, 0.15) is 5.75 Å². The van der Waals surface area contributed by atoms with E-state index in [9.17, 15) is 22.8 Å². The van der Waals surface area contributed by atoms with Crippen LogP contribution >= 0.6 is 11.6 Å². The number of likely N-dealkylation sites (tertiary alicyclic amines) is 2. The Hall–Kier alpha value is -2.16. The van der Waals surface area contributed by atoms with Crippen molar-refractivity contribution in [1.82, 2.24) is 9.80 Å². The SMILES string of the molecule is O=C(O)N1CC2CCN(C(=O)COc3cc(Cl)ccc3C(F)(F)F)CCC2C1. The van der Waals surface area contributed by atoms with Gasteiger partial charge in [0, 0.05) is 31.2 Å². The monoisotopic (exact) mass is 420 g/mol. The Balaban J connectivity index is 1.58. The van der Waals surface area contributed by atoms with Crippen LogP contribution in [-0.2, 0) is 11.0 Å². The fourth-order valence-electron chi connectivity index (χ4n) is 3.83. The van der Waals surface area contributed by atoms with Crippen LogP contribution in [0.4, 0.5) is 18.0 Å². The molecule has 1 aromatic rings. The van der Waals surface area contributed by atoms with Crippen LogP contribution in [-0.4, -0.2) is 59.7 Å². The topological polar surface area (TPSA) is 70.1 Å². The first-order valence-electron chi connectivity index (χ1n) is 8.90. The van der Waals surface area contributed by atoms with Crippen LogP contribution < -0.4 is 4.74 Å². The molecule has 2 aliphatic heterocycles. The Kier molecular flexibility index (Phi) is 5.92. The van der Waals surface area contributed by atoms with Crippen LogP contribution in [0.15, 0.2) is 18.2 Å². The summed E-state index contributed by atoms with van der Waals surface area (Å²) in [5.41, 5.74) is -0.983. The second kappa shape index (κ2) is 8.06. The zero-order valence-electron chi connectivity index (χ0n) is 14.9. The minimum Gasteiger partial charge on any atom is -0.483 e. The van der Waals surface area contributed by atoms with E-state index in [-0.39, 0.29) is 16.9 Å². The molecular weight excluding hydrogens is 401 g/mol. The zero-order chi connectivity index (χ0) is 20.5. The number of benzene rings is 1. The smallest absolute Gasteiger partial charge is 0.419 e. The van der Waals surface area contributed by atoms with Gasteiger partial charge in [-0.25, -0.2) is 4.79 Å². The molecule has 2 unspecified atom stereocenters. The van der Waals surface area contributed by atoms with E-state index < -0.39 is 36.1 Å². The molecule has 0 saturated carbocycles. The molecule has 0 radical (unpaired) electrons. The lowest BCUT2D eigenvalue weighted by Crippen LogP contribution is -2.37. The summed E-state index contributed by atoms with van der Waals surface area (Å²) in [7, 11) is 0. The van der Waals surface area contributed by atoms with Crippen molar-refractivity contribution in [1.29, 1.82) is 0 Å². The molecule has 1 aromatic carbocycles. The van der Waals surface area contributed by atoms with Crippen molar-refractivity contribution in [2.45, 2.75) is 19.0 Å². The molecule has 2 aliphatic rings. The van der Waals surface area contributed by atoms with Gasteiger partial charge in [-0.1, -0.05) is 11.6 Å². The third-order valence-electron chi connectivity index (χ3n) is 5.34. The number of alkyl halides is 3. The molecule has 2 amide bonds. The van der Waals surface area contributed by atoms with E-state index in [2.05, 4.69) is 0 Å². The summed E-state index contributed by atoms with van der Waals surface area (Å²) in [6.45, 7) is 1.25. The first kappa shape index (κ1) is 20.6. The van der Waals surface area contributed by atoms with E-state index >= 15 is 0 Å². The fraction of sp³-hybridized carbons (Fsp3) is 0.556. The molecule has 6 nitrogen and oxygen atoms in total. The molecule has 3 rings (SSSR count). The molecule has 2 atom stereocenters. The summed E-state index contributed by atoms with van der Waals surface area (Å²) in [4.78, 5) is 26.5. The first-order chi connectivity index (χ1) is 13.1. The van der Waals surface area contributed by atoms with Crippen molar-refractivity contribution in [3.63, 3.8) is 0 Å². The predicted molar refractivity (Wildman–Crippen MR) is 94.3 cm³/mol. The average Bonchev–Trinajstić information content (AvgIpc) is 2.92. The van der Waals surface area contributed by atoms with Crippen molar-refractivity contribution in [2.24, 2.45) is 11.8 Å². The van der Waals surface area contributed by atoms with Gasteiger partial charge in [0.25, 0.3) is 5.91 Å². The second-order valence-corrected chi connectivity index (χ2v) is 7.53. The molecule has 2 saturated heterocycles. The minimum atomic E-state index is -4.61. The molecule has 2 fully saturated rings. The molecule has 10 heteroatoms. The van der Waals surface area contributed by atoms with Crippen LogP contribution in [0.25, 0.3) is 0 Å². The Morgan fingerprint density at radius 2 is 1.75 bits per heavy atom. The highest BCUT2D eigenvalue weighted by Gasteiger charge is 2.38. The highest BCUT2D eigenvalue weighted by molar-refractivity contribution is 6.30. The minimum absolute atomic E-state index is 0.0843. The number of hydrogen-bond donors (Lipinski definition) is 1. The van der Waals surface area contributed by atoms with Gasteiger partial charge in [0.2, 0.25) is 0 Å². The molecular formula is C18H20ClF3N2O4. The van der Waals surface area contributed by atoms with Crippen LogP contribution in [0.1, 0.15) is 18.4 Å². The largest absolute Gasteiger partial charge is 0.483 e. The normalized spacial score (nSPS) is 22.6. The maximum absolute atomic E-state index is 13.1. The summed E-state index contributed by atoms with van der Waals surface area (Å²) in [6, 6.07) is 2.99. The van der Waals surface area contributed by atoms with Gasteiger partial charge in [0.15, 0.2) is 6.61 Å². The van der Waals surface area contributed by atoms with Gasteiger partial charge in [-0.15, -0.1) is 0 Å². The number of amides is 2. The summed E-state index contributed by atoms with van der Waals surface area (Å²) in [6.07, 6.45) is -4.23. The van der Waals surface area contributed by atoms with E-state index in [1.165, 1.54) is 4.90 Å². The first-order valence-corrected chi connectivity index (χ1v) is 9.28. The van der Waals surface area contributed by atoms with Gasteiger partial charge < -0.3 is 19.6 Å². The summed E-state index contributed by atoms with van der Waals surface area (Å²) in [5.74, 6) is -0.487. The Morgan fingerprint density at radius 1 is 1.14 bits per heavy atom. The van der Waals surface area contributed by atoms with Crippen molar-refractivity contribution >= 4 is 23.6 Å². The van der Waals surface area contributed by atoms with Crippen molar-refractivity contribution < 1.29 is 32.6 Å². The van der Waals surface area contributed by atoms with Crippen molar-refractivity contribution in [2.75, 3.05) is 32.8 Å². The number of rotatable bonds is 3.